The molecule has 3 aromatic rings. The van der Waals surface area contributed by atoms with E-state index < -0.39 is 23.4 Å². The van der Waals surface area contributed by atoms with Gasteiger partial charge in [0.2, 0.25) is 0 Å². The summed E-state index contributed by atoms with van der Waals surface area (Å²) in [5.74, 6) is -3.14. The minimum absolute atomic E-state index is 0.337. The molecule has 132 valence electrons. The fourth-order valence-corrected chi connectivity index (χ4v) is 3.85. The molecular formula is C23H15BrO3. The highest BCUT2D eigenvalue weighted by Crippen LogP contribution is 2.35. The van der Waals surface area contributed by atoms with E-state index in [2.05, 4.69) is 15.9 Å². The predicted molar refractivity (Wildman–Crippen MR) is 106 cm³/mol. The number of hydrogen-bond donors (Lipinski definition) is 0. The van der Waals surface area contributed by atoms with Gasteiger partial charge in [-0.25, -0.2) is 0 Å². The van der Waals surface area contributed by atoms with Crippen LogP contribution >= 0.6 is 15.9 Å². The topological polar surface area (TPSA) is 51.2 Å². The lowest BCUT2D eigenvalue weighted by molar-refractivity contribution is -0.120. The molecule has 0 fully saturated rings. The van der Waals surface area contributed by atoms with Crippen molar-refractivity contribution in [1.29, 1.82) is 0 Å². The number of benzene rings is 3. The van der Waals surface area contributed by atoms with Crippen molar-refractivity contribution in [1.82, 2.24) is 0 Å². The average Bonchev–Trinajstić information content (AvgIpc) is 2.95. The van der Waals surface area contributed by atoms with E-state index in [1.807, 2.05) is 54.6 Å². The van der Waals surface area contributed by atoms with Gasteiger partial charge >= 0.3 is 0 Å². The van der Waals surface area contributed by atoms with E-state index in [1.54, 1.807) is 24.3 Å². The molecule has 1 unspecified atom stereocenters. The zero-order chi connectivity index (χ0) is 19.0. The van der Waals surface area contributed by atoms with Crippen molar-refractivity contribution in [2.75, 3.05) is 0 Å². The fourth-order valence-electron chi connectivity index (χ4n) is 3.59. The van der Waals surface area contributed by atoms with Crippen molar-refractivity contribution in [3.63, 3.8) is 0 Å². The van der Waals surface area contributed by atoms with Crippen molar-refractivity contribution >= 4 is 33.3 Å². The normalized spacial score (nSPS) is 14.9. The Morgan fingerprint density at radius 2 is 1.19 bits per heavy atom. The highest BCUT2D eigenvalue weighted by Gasteiger charge is 2.45. The highest BCUT2D eigenvalue weighted by molar-refractivity contribution is 9.10. The summed E-state index contributed by atoms with van der Waals surface area (Å²) in [5.41, 5.74) is 2.19. The Hall–Kier alpha value is -2.85. The minimum atomic E-state index is -1.28. The summed E-state index contributed by atoms with van der Waals surface area (Å²) in [6, 6.07) is 23.3. The molecule has 0 bridgehead atoms. The SMILES string of the molecule is O=C1c2ccccc2C(=O)C1C(=O)C(c1ccccc1)c1ccc(Br)cc1. The second-order valence-corrected chi connectivity index (χ2v) is 7.42. The van der Waals surface area contributed by atoms with Crippen molar-refractivity contribution in [2.24, 2.45) is 5.92 Å². The van der Waals surface area contributed by atoms with Crippen LogP contribution in [-0.2, 0) is 4.79 Å². The van der Waals surface area contributed by atoms with Crippen LogP contribution < -0.4 is 0 Å². The van der Waals surface area contributed by atoms with Crippen molar-refractivity contribution < 1.29 is 14.4 Å². The summed E-state index contributed by atoms with van der Waals surface area (Å²) in [5, 5.41) is 0. The van der Waals surface area contributed by atoms with Gasteiger partial charge in [-0.05, 0) is 23.3 Å². The van der Waals surface area contributed by atoms with Crippen molar-refractivity contribution in [2.45, 2.75) is 5.92 Å². The second kappa shape index (κ2) is 7.05. The molecule has 0 saturated heterocycles. The third-order valence-corrected chi connectivity index (χ3v) is 5.42. The van der Waals surface area contributed by atoms with Crippen LogP contribution in [-0.4, -0.2) is 17.3 Å². The molecule has 0 aromatic heterocycles. The van der Waals surface area contributed by atoms with E-state index in [9.17, 15) is 14.4 Å². The van der Waals surface area contributed by atoms with Gasteiger partial charge in [-0.3, -0.25) is 14.4 Å². The first kappa shape index (κ1) is 17.6. The lowest BCUT2D eigenvalue weighted by Crippen LogP contribution is -2.31. The van der Waals surface area contributed by atoms with Crippen LogP contribution in [0.2, 0.25) is 0 Å². The molecular weight excluding hydrogens is 404 g/mol. The van der Waals surface area contributed by atoms with Gasteiger partial charge in [-0.15, -0.1) is 0 Å². The van der Waals surface area contributed by atoms with Gasteiger partial charge in [0.1, 0.15) is 5.92 Å². The van der Waals surface area contributed by atoms with Gasteiger partial charge in [0.25, 0.3) is 0 Å². The molecule has 1 atom stereocenters. The third-order valence-electron chi connectivity index (χ3n) is 4.89. The molecule has 0 N–H and O–H groups in total. The number of ketones is 3. The van der Waals surface area contributed by atoms with E-state index in [-0.39, 0.29) is 5.78 Å². The first-order chi connectivity index (χ1) is 13.1. The number of carbonyl (C=O) groups excluding carboxylic acids is 3. The molecule has 0 saturated carbocycles. The fraction of sp³-hybridized carbons (Fsp3) is 0.0870. The van der Waals surface area contributed by atoms with Gasteiger partial charge in [0.05, 0.1) is 5.92 Å². The number of fused-ring (bicyclic) bond motifs is 1. The largest absolute Gasteiger partial charge is 0.297 e. The average molecular weight is 419 g/mol. The van der Waals surface area contributed by atoms with E-state index >= 15 is 0 Å². The van der Waals surface area contributed by atoms with Crippen LogP contribution in [0.5, 0.6) is 0 Å². The molecule has 0 amide bonds. The van der Waals surface area contributed by atoms with Gasteiger partial charge in [-0.2, -0.15) is 0 Å². The molecule has 3 aromatic carbocycles. The maximum atomic E-state index is 13.5. The van der Waals surface area contributed by atoms with Gasteiger partial charge in [0, 0.05) is 15.6 Å². The van der Waals surface area contributed by atoms with Crippen LogP contribution in [0.15, 0.2) is 83.3 Å². The Bertz CT molecular complexity index is 1000. The van der Waals surface area contributed by atoms with Gasteiger partial charge in [0.15, 0.2) is 17.3 Å². The minimum Gasteiger partial charge on any atom is -0.297 e. The Kier molecular flexibility index (Phi) is 4.58. The summed E-state index contributed by atoms with van der Waals surface area (Å²) in [6.07, 6.45) is 0. The lowest BCUT2D eigenvalue weighted by atomic mass is 9.80. The standard InChI is InChI=1S/C23H15BrO3/c24-16-12-10-15(11-13-16)19(14-6-2-1-3-7-14)23(27)20-21(25)17-8-4-5-9-18(17)22(20)26/h1-13,19-20H. The van der Waals surface area contributed by atoms with Crippen molar-refractivity contribution in [3.8, 4) is 0 Å². The Morgan fingerprint density at radius 1 is 0.704 bits per heavy atom. The van der Waals surface area contributed by atoms with Gasteiger partial charge in [-0.1, -0.05) is 82.7 Å². The molecule has 3 nitrogen and oxygen atoms in total. The molecule has 0 heterocycles. The number of Topliss-reactive ketones (excluding diaryl/α,β-unsaturated/α-hetero) is 3. The van der Waals surface area contributed by atoms with E-state index in [0.717, 1.165) is 15.6 Å². The van der Waals surface area contributed by atoms with Crippen molar-refractivity contribution in [3.05, 3.63) is 106 Å². The lowest BCUT2D eigenvalue weighted by Gasteiger charge is -2.19. The van der Waals surface area contributed by atoms with Crippen LogP contribution in [0.3, 0.4) is 0 Å². The van der Waals surface area contributed by atoms with Gasteiger partial charge < -0.3 is 0 Å². The Morgan fingerprint density at radius 3 is 1.74 bits per heavy atom. The Balaban J connectivity index is 1.79. The number of hydrogen-bond acceptors (Lipinski definition) is 3. The first-order valence-corrected chi connectivity index (χ1v) is 9.39. The summed E-state index contributed by atoms with van der Waals surface area (Å²) < 4.78 is 0.894. The smallest absolute Gasteiger partial charge is 0.181 e. The number of halogens is 1. The number of carbonyl (C=O) groups is 3. The third kappa shape index (κ3) is 3.06. The molecule has 4 heteroatoms. The number of rotatable bonds is 4. The second-order valence-electron chi connectivity index (χ2n) is 6.50. The molecule has 0 spiro atoms. The maximum Gasteiger partial charge on any atom is 0.181 e. The molecule has 1 aliphatic rings. The highest BCUT2D eigenvalue weighted by atomic mass is 79.9. The first-order valence-electron chi connectivity index (χ1n) is 8.59. The van der Waals surface area contributed by atoms with Crippen LogP contribution in [0.1, 0.15) is 37.8 Å². The van der Waals surface area contributed by atoms with Crippen LogP contribution in [0.4, 0.5) is 0 Å². The molecule has 27 heavy (non-hydrogen) atoms. The molecule has 4 rings (SSSR count). The predicted octanol–water partition coefficient (Wildman–Crippen LogP) is 4.85. The molecule has 0 radical (unpaired) electrons. The summed E-state index contributed by atoms with van der Waals surface area (Å²) in [6.45, 7) is 0. The van der Waals surface area contributed by atoms with E-state index in [4.69, 9.17) is 0 Å². The summed E-state index contributed by atoms with van der Waals surface area (Å²) >= 11 is 3.40. The molecule has 0 aliphatic heterocycles. The van der Waals surface area contributed by atoms with Crippen LogP contribution in [0.25, 0.3) is 0 Å². The quantitative estimate of drug-likeness (QED) is 0.569. The Labute approximate surface area is 165 Å². The van der Waals surface area contributed by atoms with E-state index in [0.29, 0.717) is 11.1 Å². The summed E-state index contributed by atoms with van der Waals surface area (Å²) in [7, 11) is 0. The summed E-state index contributed by atoms with van der Waals surface area (Å²) in [4.78, 5) is 39.1. The van der Waals surface area contributed by atoms with Crippen LogP contribution in [0, 0.1) is 5.92 Å². The monoisotopic (exact) mass is 418 g/mol. The molecule has 1 aliphatic carbocycles. The zero-order valence-corrected chi connectivity index (χ0v) is 15.8. The zero-order valence-electron chi connectivity index (χ0n) is 14.3. The maximum absolute atomic E-state index is 13.5. The van der Waals surface area contributed by atoms with E-state index in [1.165, 1.54) is 0 Å².